The van der Waals surface area contributed by atoms with E-state index in [1.165, 1.54) is 11.9 Å². The summed E-state index contributed by atoms with van der Waals surface area (Å²) in [6.45, 7) is 5.39. The van der Waals surface area contributed by atoms with E-state index in [0.29, 0.717) is 0 Å². The summed E-state index contributed by atoms with van der Waals surface area (Å²) in [6, 6.07) is 0.0376. The van der Waals surface area contributed by atoms with E-state index >= 15 is 0 Å². The highest BCUT2D eigenvalue weighted by molar-refractivity contribution is 6.10. The number of hydrogen-bond donors (Lipinski definition) is 2. The van der Waals surface area contributed by atoms with Gasteiger partial charge in [-0.05, 0) is 33.6 Å². The lowest BCUT2D eigenvalue weighted by Crippen LogP contribution is -2.43. The zero-order chi connectivity index (χ0) is 16.7. The van der Waals surface area contributed by atoms with E-state index in [1.807, 2.05) is 0 Å². The number of nitrogens with zero attached hydrogens (tertiary/aromatic N) is 2. The first kappa shape index (κ1) is 16.0. The summed E-state index contributed by atoms with van der Waals surface area (Å²) in [4.78, 5) is 37.2. The quantitative estimate of drug-likeness (QED) is 0.862. The van der Waals surface area contributed by atoms with E-state index in [0.717, 1.165) is 12.8 Å². The molecule has 0 unspecified atom stereocenters. The zero-order valence-corrected chi connectivity index (χ0v) is 13.0. The molecule has 0 aromatic carbocycles. The minimum atomic E-state index is -1.42. The third kappa shape index (κ3) is 3.10. The first-order chi connectivity index (χ1) is 10.1. The van der Waals surface area contributed by atoms with E-state index < -0.39 is 34.6 Å². The number of aromatic nitrogens is 1. The fourth-order valence-electron chi connectivity index (χ4n) is 1.73. The van der Waals surface area contributed by atoms with E-state index in [1.54, 1.807) is 20.8 Å². The summed E-state index contributed by atoms with van der Waals surface area (Å²) in [5.74, 6) is -3.14. The van der Waals surface area contributed by atoms with Gasteiger partial charge >= 0.3 is 5.97 Å². The van der Waals surface area contributed by atoms with Crippen LogP contribution in [-0.4, -0.2) is 51.6 Å². The molecule has 8 nitrogen and oxygen atoms in total. The molecule has 1 aromatic heterocycles. The number of rotatable bonds is 4. The van der Waals surface area contributed by atoms with Gasteiger partial charge in [-0.1, -0.05) is 5.16 Å². The van der Waals surface area contributed by atoms with E-state index in [9.17, 15) is 19.5 Å². The van der Waals surface area contributed by atoms with Crippen LogP contribution < -0.4 is 5.32 Å². The molecule has 2 amide bonds. The van der Waals surface area contributed by atoms with Crippen LogP contribution in [0.2, 0.25) is 0 Å². The van der Waals surface area contributed by atoms with Crippen molar-refractivity contribution in [3.05, 3.63) is 17.0 Å². The molecule has 1 aromatic rings. The summed E-state index contributed by atoms with van der Waals surface area (Å²) >= 11 is 0. The van der Waals surface area contributed by atoms with E-state index in [2.05, 4.69) is 10.5 Å². The third-order valence-electron chi connectivity index (χ3n) is 3.54. The Morgan fingerprint density at radius 3 is 2.36 bits per heavy atom. The smallest absolute Gasteiger partial charge is 0.342 e. The molecule has 0 atom stereocenters. The minimum Gasteiger partial charge on any atom is -0.477 e. The van der Waals surface area contributed by atoms with Crippen molar-refractivity contribution in [3.8, 4) is 0 Å². The second-order valence-electron chi connectivity index (χ2n) is 6.32. The molecule has 2 rings (SSSR count). The van der Waals surface area contributed by atoms with Gasteiger partial charge in [-0.2, -0.15) is 0 Å². The standard InChI is InChI=1S/C14H19N3O5/c1-14(2,3)17(4)12(19)9-8(13(20)21)10(22-16-9)11(18)15-7-5-6-7/h7H,5-6H2,1-4H3,(H,15,18)(H,20,21). The lowest BCUT2D eigenvalue weighted by molar-refractivity contribution is 0.0621. The van der Waals surface area contributed by atoms with Gasteiger partial charge in [0.15, 0.2) is 5.69 Å². The van der Waals surface area contributed by atoms with Gasteiger partial charge < -0.3 is 19.8 Å². The van der Waals surface area contributed by atoms with Gasteiger partial charge in [-0.25, -0.2) is 4.79 Å². The molecule has 8 heteroatoms. The monoisotopic (exact) mass is 309 g/mol. The van der Waals surface area contributed by atoms with Crippen LogP contribution in [0.15, 0.2) is 4.52 Å². The normalized spacial score (nSPS) is 14.5. The van der Waals surface area contributed by atoms with Gasteiger partial charge in [-0.15, -0.1) is 0 Å². The van der Waals surface area contributed by atoms with E-state index in [4.69, 9.17) is 4.52 Å². The molecule has 2 N–H and O–H groups in total. The number of amides is 2. The highest BCUT2D eigenvalue weighted by Crippen LogP contribution is 2.23. The van der Waals surface area contributed by atoms with Crippen molar-refractivity contribution in [2.45, 2.75) is 45.2 Å². The molecule has 0 aliphatic heterocycles. The fraction of sp³-hybridized carbons (Fsp3) is 0.571. The van der Waals surface area contributed by atoms with Gasteiger partial charge in [0.25, 0.3) is 11.8 Å². The number of carbonyl (C=O) groups excluding carboxylic acids is 2. The number of carbonyl (C=O) groups is 3. The Morgan fingerprint density at radius 2 is 1.91 bits per heavy atom. The topological polar surface area (TPSA) is 113 Å². The predicted molar refractivity (Wildman–Crippen MR) is 75.8 cm³/mol. The van der Waals surface area contributed by atoms with Crippen molar-refractivity contribution in [3.63, 3.8) is 0 Å². The maximum absolute atomic E-state index is 12.4. The summed E-state index contributed by atoms with van der Waals surface area (Å²) in [5.41, 5.74) is -1.40. The molecule has 120 valence electrons. The fourth-order valence-corrected chi connectivity index (χ4v) is 1.73. The molecular formula is C14H19N3O5. The molecule has 1 saturated carbocycles. The number of hydrogen-bond acceptors (Lipinski definition) is 5. The van der Waals surface area contributed by atoms with Crippen LogP contribution in [0, 0.1) is 0 Å². The van der Waals surface area contributed by atoms with Gasteiger partial charge in [0.1, 0.15) is 5.56 Å². The average molecular weight is 309 g/mol. The molecule has 1 aliphatic rings. The number of nitrogens with one attached hydrogen (secondary N) is 1. The number of carboxylic acids is 1. The summed E-state index contributed by atoms with van der Waals surface area (Å²) in [7, 11) is 1.53. The largest absolute Gasteiger partial charge is 0.477 e. The summed E-state index contributed by atoms with van der Waals surface area (Å²) < 4.78 is 4.84. The minimum absolute atomic E-state index is 0.0376. The Morgan fingerprint density at radius 1 is 1.32 bits per heavy atom. The van der Waals surface area contributed by atoms with Crippen LogP contribution in [0.4, 0.5) is 0 Å². The summed E-state index contributed by atoms with van der Waals surface area (Å²) in [6.07, 6.45) is 1.70. The maximum atomic E-state index is 12.4. The molecule has 1 aliphatic carbocycles. The van der Waals surface area contributed by atoms with Gasteiger partial charge in [-0.3, -0.25) is 9.59 Å². The molecule has 0 spiro atoms. The van der Waals surface area contributed by atoms with Crippen molar-refractivity contribution in [2.75, 3.05) is 7.05 Å². The molecule has 1 fully saturated rings. The lowest BCUT2D eigenvalue weighted by atomic mass is 10.1. The SMILES string of the molecule is CN(C(=O)c1noc(C(=O)NC2CC2)c1C(=O)O)C(C)(C)C. The molecule has 1 heterocycles. The maximum Gasteiger partial charge on any atom is 0.342 e. The highest BCUT2D eigenvalue weighted by Gasteiger charge is 2.36. The number of carboxylic acid groups (broad SMARTS) is 1. The van der Waals surface area contributed by atoms with Crippen molar-refractivity contribution in [1.82, 2.24) is 15.4 Å². The third-order valence-corrected chi connectivity index (χ3v) is 3.54. The first-order valence-corrected chi connectivity index (χ1v) is 6.95. The van der Waals surface area contributed by atoms with Gasteiger partial charge in [0.2, 0.25) is 5.76 Å². The first-order valence-electron chi connectivity index (χ1n) is 6.95. The van der Waals surface area contributed by atoms with Crippen LogP contribution in [0.3, 0.4) is 0 Å². The Kier molecular flexibility index (Phi) is 3.95. The van der Waals surface area contributed by atoms with E-state index in [-0.39, 0.29) is 11.7 Å². The highest BCUT2D eigenvalue weighted by atomic mass is 16.5. The van der Waals surface area contributed by atoms with Crippen LogP contribution >= 0.6 is 0 Å². The summed E-state index contributed by atoms with van der Waals surface area (Å²) in [5, 5.41) is 15.4. The van der Waals surface area contributed by atoms with Crippen molar-refractivity contribution in [1.29, 1.82) is 0 Å². The Balaban J connectivity index is 2.36. The average Bonchev–Trinajstić information content (AvgIpc) is 3.09. The Labute approximate surface area is 127 Å². The Bertz CT molecular complexity index is 625. The molecule has 0 bridgehead atoms. The predicted octanol–water partition coefficient (Wildman–Crippen LogP) is 1.14. The van der Waals surface area contributed by atoms with Gasteiger partial charge in [0.05, 0.1) is 0 Å². The lowest BCUT2D eigenvalue weighted by Gasteiger charge is -2.31. The molecule has 0 saturated heterocycles. The zero-order valence-electron chi connectivity index (χ0n) is 13.0. The Hall–Kier alpha value is -2.38. The van der Waals surface area contributed by atoms with Crippen molar-refractivity contribution < 1.29 is 24.0 Å². The van der Waals surface area contributed by atoms with Crippen LogP contribution in [0.5, 0.6) is 0 Å². The van der Waals surface area contributed by atoms with Crippen LogP contribution in [-0.2, 0) is 0 Å². The van der Waals surface area contributed by atoms with Gasteiger partial charge in [0, 0.05) is 18.6 Å². The van der Waals surface area contributed by atoms with Crippen molar-refractivity contribution >= 4 is 17.8 Å². The second kappa shape index (κ2) is 5.43. The molecular weight excluding hydrogens is 290 g/mol. The molecule has 0 radical (unpaired) electrons. The molecule has 22 heavy (non-hydrogen) atoms. The van der Waals surface area contributed by atoms with Crippen LogP contribution in [0.25, 0.3) is 0 Å². The number of aromatic carboxylic acids is 1. The van der Waals surface area contributed by atoms with Crippen molar-refractivity contribution in [2.24, 2.45) is 0 Å². The van der Waals surface area contributed by atoms with Crippen LogP contribution in [0.1, 0.15) is 65.0 Å². The second-order valence-corrected chi connectivity index (χ2v) is 6.32.